The number of carbonyl (C=O) groups is 1. The van der Waals surface area contributed by atoms with E-state index < -0.39 is 18.5 Å². The number of nitrogens with zero attached hydrogens (tertiary/aromatic N) is 2. The van der Waals surface area contributed by atoms with Crippen molar-refractivity contribution in [2.75, 3.05) is 0 Å². The number of carboxylic acid groups (broad SMARTS) is 1. The molecule has 1 heterocycles. The Hall–Kier alpha value is -1.69. The molecule has 0 fully saturated rings. The van der Waals surface area contributed by atoms with E-state index >= 15 is 0 Å². The van der Waals surface area contributed by atoms with E-state index in [1.165, 1.54) is 12.3 Å². The smallest absolute Gasteiger partial charge is 0.306 e. The summed E-state index contributed by atoms with van der Waals surface area (Å²) in [5.41, 5.74) is 0.378. The van der Waals surface area contributed by atoms with E-state index in [1.807, 2.05) is 0 Å². The molecule has 0 aliphatic carbocycles. The summed E-state index contributed by atoms with van der Waals surface area (Å²) < 4.78 is 1.04. The SMILES string of the molecule is Cc1cnn(CC(O)CC(=O)O)c(=O)c1. The van der Waals surface area contributed by atoms with Crippen molar-refractivity contribution in [3.8, 4) is 0 Å². The summed E-state index contributed by atoms with van der Waals surface area (Å²) in [6.07, 6.45) is -0.0212. The highest BCUT2D eigenvalue weighted by atomic mass is 16.4. The Balaban J connectivity index is 2.72. The molecule has 0 saturated carbocycles. The number of hydrogen-bond donors (Lipinski definition) is 2. The minimum atomic E-state index is -1.11. The third kappa shape index (κ3) is 3.51. The minimum Gasteiger partial charge on any atom is -0.481 e. The van der Waals surface area contributed by atoms with Crippen molar-refractivity contribution in [2.24, 2.45) is 0 Å². The van der Waals surface area contributed by atoms with Crippen LogP contribution in [0.4, 0.5) is 0 Å². The van der Waals surface area contributed by atoms with Gasteiger partial charge in [0, 0.05) is 6.07 Å². The Bertz CT molecular complexity index is 413. The van der Waals surface area contributed by atoms with E-state index in [1.54, 1.807) is 6.92 Å². The van der Waals surface area contributed by atoms with Gasteiger partial charge in [-0.3, -0.25) is 9.59 Å². The van der Waals surface area contributed by atoms with Gasteiger partial charge in [-0.25, -0.2) is 4.68 Å². The Morgan fingerprint density at radius 3 is 2.87 bits per heavy atom. The van der Waals surface area contributed by atoms with Crippen molar-refractivity contribution in [3.05, 3.63) is 28.2 Å². The van der Waals surface area contributed by atoms with Gasteiger partial charge in [-0.1, -0.05) is 0 Å². The zero-order chi connectivity index (χ0) is 11.4. The average Bonchev–Trinajstić information content (AvgIpc) is 2.08. The fraction of sp³-hybridized carbons (Fsp3) is 0.444. The maximum absolute atomic E-state index is 11.3. The zero-order valence-electron chi connectivity index (χ0n) is 8.25. The molecule has 0 saturated heterocycles. The summed E-state index contributed by atoms with van der Waals surface area (Å²) in [4.78, 5) is 21.6. The lowest BCUT2D eigenvalue weighted by molar-refractivity contribution is -0.139. The van der Waals surface area contributed by atoms with Gasteiger partial charge in [0.05, 0.1) is 25.3 Å². The molecule has 6 heteroatoms. The zero-order valence-corrected chi connectivity index (χ0v) is 8.25. The van der Waals surface area contributed by atoms with E-state index in [0.29, 0.717) is 0 Å². The van der Waals surface area contributed by atoms with Crippen molar-refractivity contribution in [2.45, 2.75) is 26.0 Å². The number of aliphatic carboxylic acids is 1. The maximum Gasteiger partial charge on any atom is 0.306 e. The minimum absolute atomic E-state index is 0.106. The second-order valence-corrected chi connectivity index (χ2v) is 3.30. The summed E-state index contributed by atoms with van der Waals surface area (Å²) in [7, 11) is 0. The maximum atomic E-state index is 11.3. The van der Waals surface area contributed by atoms with Crippen LogP contribution in [0, 0.1) is 6.92 Å². The lowest BCUT2D eigenvalue weighted by Gasteiger charge is -2.08. The van der Waals surface area contributed by atoms with E-state index in [0.717, 1.165) is 10.2 Å². The standard InChI is InChI=1S/C9H12N2O4/c1-6-2-8(13)11(10-4-6)5-7(12)3-9(14)15/h2,4,7,12H,3,5H2,1H3,(H,14,15). The van der Waals surface area contributed by atoms with Crippen LogP contribution in [-0.4, -0.2) is 32.1 Å². The van der Waals surface area contributed by atoms with Crippen molar-refractivity contribution in [1.82, 2.24) is 9.78 Å². The fourth-order valence-electron chi connectivity index (χ4n) is 1.13. The molecule has 82 valence electrons. The van der Waals surface area contributed by atoms with Crippen LogP contribution in [0.2, 0.25) is 0 Å². The number of aryl methyl sites for hydroxylation is 1. The number of aromatic nitrogens is 2. The van der Waals surface area contributed by atoms with Gasteiger partial charge in [0.2, 0.25) is 0 Å². The molecule has 1 aromatic rings. The Labute approximate surface area is 85.8 Å². The van der Waals surface area contributed by atoms with Crippen LogP contribution in [0.1, 0.15) is 12.0 Å². The number of rotatable bonds is 4. The van der Waals surface area contributed by atoms with E-state index in [9.17, 15) is 14.7 Å². The number of aliphatic hydroxyl groups is 1. The molecule has 1 unspecified atom stereocenters. The highest BCUT2D eigenvalue weighted by Crippen LogP contribution is 1.94. The van der Waals surface area contributed by atoms with Gasteiger partial charge >= 0.3 is 5.97 Å². The molecule has 0 aliphatic rings. The largest absolute Gasteiger partial charge is 0.481 e. The van der Waals surface area contributed by atoms with Crippen molar-refractivity contribution >= 4 is 5.97 Å². The van der Waals surface area contributed by atoms with Gasteiger partial charge in [-0.2, -0.15) is 5.10 Å². The molecule has 15 heavy (non-hydrogen) atoms. The molecule has 6 nitrogen and oxygen atoms in total. The number of aliphatic hydroxyl groups excluding tert-OH is 1. The number of carboxylic acids is 1. The van der Waals surface area contributed by atoms with Crippen molar-refractivity contribution in [3.63, 3.8) is 0 Å². The first kappa shape index (κ1) is 11.4. The molecule has 1 rings (SSSR count). The molecule has 1 atom stereocenters. The Kier molecular flexibility index (Phi) is 3.56. The van der Waals surface area contributed by atoms with E-state index in [-0.39, 0.29) is 12.1 Å². The Morgan fingerprint density at radius 2 is 2.33 bits per heavy atom. The highest BCUT2D eigenvalue weighted by molar-refractivity contribution is 5.67. The van der Waals surface area contributed by atoms with E-state index in [4.69, 9.17) is 5.11 Å². The fourth-order valence-corrected chi connectivity index (χ4v) is 1.13. The van der Waals surface area contributed by atoms with Crippen molar-refractivity contribution in [1.29, 1.82) is 0 Å². The molecule has 0 amide bonds. The molecular weight excluding hydrogens is 200 g/mol. The first-order valence-electron chi connectivity index (χ1n) is 4.42. The van der Waals surface area contributed by atoms with Gasteiger partial charge < -0.3 is 10.2 Å². The summed E-state index contributed by atoms with van der Waals surface area (Å²) in [5, 5.41) is 21.5. The van der Waals surface area contributed by atoms with Crippen molar-refractivity contribution < 1.29 is 15.0 Å². The molecule has 0 aromatic carbocycles. The third-order valence-corrected chi connectivity index (χ3v) is 1.80. The van der Waals surface area contributed by atoms with Crippen LogP contribution in [0.25, 0.3) is 0 Å². The van der Waals surface area contributed by atoms with Gasteiger partial charge in [-0.05, 0) is 12.5 Å². The molecule has 0 radical (unpaired) electrons. The van der Waals surface area contributed by atoms with Crippen LogP contribution in [0.3, 0.4) is 0 Å². The van der Waals surface area contributed by atoms with Gasteiger partial charge in [0.15, 0.2) is 0 Å². The topological polar surface area (TPSA) is 92.4 Å². The predicted molar refractivity (Wildman–Crippen MR) is 51.5 cm³/mol. The Morgan fingerprint density at radius 1 is 1.67 bits per heavy atom. The molecule has 0 spiro atoms. The highest BCUT2D eigenvalue weighted by Gasteiger charge is 2.11. The molecule has 0 bridgehead atoms. The second-order valence-electron chi connectivity index (χ2n) is 3.30. The van der Waals surface area contributed by atoms with E-state index in [2.05, 4.69) is 5.10 Å². The lowest BCUT2D eigenvalue weighted by Crippen LogP contribution is -2.29. The lowest BCUT2D eigenvalue weighted by atomic mass is 10.2. The molecule has 0 aliphatic heterocycles. The summed E-state index contributed by atoms with van der Waals surface area (Å²) in [5.74, 6) is -1.11. The summed E-state index contributed by atoms with van der Waals surface area (Å²) in [6, 6.07) is 1.38. The first-order chi connectivity index (χ1) is 6.99. The first-order valence-corrected chi connectivity index (χ1v) is 4.42. The van der Waals surface area contributed by atoms with Crippen LogP contribution >= 0.6 is 0 Å². The average molecular weight is 212 g/mol. The van der Waals surface area contributed by atoms with Gasteiger partial charge in [0.25, 0.3) is 5.56 Å². The molecule has 1 aromatic heterocycles. The quantitative estimate of drug-likeness (QED) is 0.694. The second kappa shape index (κ2) is 4.70. The monoisotopic (exact) mass is 212 g/mol. The van der Waals surface area contributed by atoms with Crippen LogP contribution in [0.15, 0.2) is 17.1 Å². The van der Waals surface area contributed by atoms with Crippen LogP contribution in [-0.2, 0) is 11.3 Å². The predicted octanol–water partition coefficient (Wildman–Crippen LogP) is -0.613. The molecule has 2 N–H and O–H groups in total. The van der Waals surface area contributed by atoms with Crippen LogP contribution in [0.5, 0.6) is 0 Å². The summed E-state index contributed by atoms with van der Waals surface area (Å²) >= 11 is 0. The molecular formula is C9H12N2O4. The van der Waals surface area contributed by atoms with Gasteiger partial charge in [0.1, 0.15) is 0 Å². The normalized spacial score (nSPS) is 12.4. The summed E-state index contributed by atoms with van der Waals surface area (Å²) in [6.45, 7) is 1.62. The van der Waals surface area contributed by atoms with Gasteiger partial charge in [-0.15, -0.1) is 0 Å². The van der Waals surface area contributed by atoms with Crippen LogP contribution < -0.4 is 5.56 Å². The third-order valence-electron chi connectivity index (χ3n) is 1.80. The number of hydrogen-bond acceptors (Lipinski definition) is 4.